The van der Waals surface area contributed by atoms with Crippen LogP contribution in [0.4, 0.5) is 0 Å². The van der Waals surface area contributed by atoms with Gasteiger partial charge in [-0.3, -0.25) is 4.57 Å². The van der Waals surface area contributed by atoms with Crippen molar-refractivity contribution in [1.29, 1.82) is 0 Å². The van der Waals surface area contributed by atoms with E-state index in [9.17, 15) is 4.57 Å². The van der Waals surface area contributed by atoms with Gasteiger partial charge in [-0.05, 0) is 0 Å². The van der Waals surface area contributed by atoms with Gasteiger partial charge in [0.25, 0.3) is 0 Å². The van der Waals surface area contributed by atoms with E-state index in [2.05, 4.69) is 46.9 Å². The summed E-state index contributed by atoms with van der Waals surface area (Å²) >= 11 is 8.73. The molecule has 0 atom stereocenters. The molecule has 0 saturated heterocycles. The lowest BCUT2D eigenvalue weighted by atomic mass is 10.9. The average Bonchev–Trinajstić information content (AvgIpc) is 1.59. The van der Waals surface area contributed by atoms with Crippen LogP contribution >= 0.6 is 51.7 Å². The molecule has 6 heteroatoms. The third kappa shape index (κ3) is 7.63. The zero-order valence-electron chi connectivity index (χ0n) is 3.81. The van der Waals surface area contributed by atoms with Gasteiger partial charge in [-0.2, -0.15) is 0 Å². The van der Waals surface area contributed by atoms with E-state index in [1.165, 1.54) is 0 Å². The summed E-state index contributed by atoms with van der Waals surface area (Å²) in [6.45, 7) is 0.438. The van der Waals surface area contributed by atoms with Crippen molar-refractivity contribution in [3.8, 4) is 0 Å². The SMILES string of the molecule is O=P(Br)(Br)OCCBr. The lowest BCUT2D eigenvalue weighted by Crippen LogP contribution is -1.84. The van der Waals surface area contributed by atoms with Crippen molar-refractivity contribution in [2.45, 2.75) is 0 Å². The fourth-order valence-electron chi connectivity index (χ4n) is 0.141. The van der Waals surface area contributed by atoms with Gasteiger partial charge in [0.2, 0.25) is 0 Å². The zero-order valence-corrected chi connectivity index (χ0v) is 9.46. The molecule has 0 aliphatic carbocycles. The van der Waals surface area contributed by atoms with Crippen LogP contribution in [0.2, 0.25) is 0 Å². The van der Waals surface area contributed by atoms with Crippen molar-refractivity contribution in [3.63, 3.8) is 0 Å². The third-order valence-electron chi connectivity index (χ3n) is 0.319. The maximum absolute atomic E-state index is 10.6. The molecule has 0 aromatic rings. The van der Waals surface area contributed by atoms with E-state index in [1.807, 2.05) is 0 Å². The van der Waals surface area contributed by atoms with Gasteiger partial charge in [-0.1, -0.05) is 15.9 Å². The molecule has 0 fully saturated rings. The molecular formula is C2H4Br3O2P. The largest absolute Gasteiger partial charge is 0.328 e. The quantitative estimate of drug-likeness (QED) is 0.586. The Bertz CT molecular complexity index is 99.5. The Labute approximate surface area is 72.4 Å². The Balaban J connectivity index is 3.26. The second kappa shape index (κ2) is 4.45. The maximum Gasteiger partial charge on any atom is 0.328 e. The van der Waals surface area contributed by atoms with Crippen LogP contribution in [0, 0.1) is 0 Å². The standard InChI is InChI=1S/C2H4Br3O2P/c3-1-2-7-8(4,5)6/h1-2H2. The number of hydrogen-bond donors (Lipinski definition) is 0. The highest BCUT2D eigenvalue weighted by Gasteiger charge is 2.10. The summed E-state index contributed by atoms with van der Waals surface area (Å²) in [5.41, 5.74) is 0. The molecule has 0 aliphatic rings. The fraction of sp³-hybridized carbons (Fsp3) is 1.00. The van der Waals surface area contributed by atoms with Gasteiger partial charge in [0, 0.05) is 36.3 Å². The highest BCUT2D eigenvalue weighted by molar-refractivity contribution is 9.70. The Hall–Kier alpha value is 1.63. The zero-order chi connectivity index (χ0) is 6.62. The topological polar surface area (TPSA) is 26.3 Å². The summed E-state index contributed by atoms with van der Waals surface area (Å²) in [5.74, 6) is 0. The molecule has 0 spiro atoms. The highest BCUT2D eigenvalue weighted by atomic mass is 79.9. The summed E-state index contributed by atoms with van der Waals surface area (Å²) in [6, 6.07) is 0. The van der Waals surface area contributed by atoms with Crippen LogP contribution in [0.25, 0.3) is 0 Å². The second-order valence-corrected chi connectivity index (χ2v) is 11.3. The van der Waals surface area contributed by atoms with Gasteiger partial charge in [-0.25, -0.2) is 0 Å². The van der Waals surface area contributed by atoms with E-state index in [4.69, 9.17) is 4.52 Å². The normalized spacial score (nSPS) is 11.9. The summed E-state index contributed by atoms with van der Waals surface area (Å²) in [4.78, 5) is 0. The van der Waals surface area contributed by atoms with Gasteiger partial charge in [0.05, 0.1) is 6.61 Å². The Morgan fingerprint density at radius 1 is 1.50 bits per heavy atom. The Kier molecular flexibility index (Phi) is 5.35. The van der Waals surface area contributed by atoms with E-state index in [0.29, 0.717) is 11.9 Å². The van der Waals surface area contributed by atoms with E-state index >= 15 is 0 Å². The molecule has 0 radical (unpaired) electrons. The van der Waals surface area contributed by atoms with Gasteiger partial charge in [0.15, 0.2) is 0 Å². The first-order chi connectivity index (χ1) is 3.56. The first-order valence-corrected chi connectivity index (χ1v) is 8.54. The third-order valence-corrected chi connectivity index (χ3v) is 2.35. The van der Waals surface area contributed by atoms with Crippen LogP contribution in [-0.2, 0) is 9.09 Å². The molecule has 0 rings (SSSR count). The van der Waals surface area contributed by atoms with Crippen LogP contribution < -0.4 is 0 Å². The minimum absolute atomic E-state index is 0.438. The van der Waals surface area contributed by atoms with Gasteiger partial charge in [-0.15, -0.1) is 0 Å². The van der Waals surface area contributed by atoms with Crippen molar-refractivity contribution < 1.29 is 9.09 Å². The van der Waals surface area contributed by atoms with E-state index in [-0.39, 0.29) is 0 Å². The average molecular weight is 331 g/mol. The van der Waals surface area contributed by atoms with Crippen LogP contribution in [0.15, 0.2) is 0 Å². The molecule has 8 heavy (non-hydrogen) atoms. The number of alkyl halides is 1. The maximum atomic E-state index is 10.6. The predicted molar refractivity (Wildman–Crippen MR) is 45.2 cm³/mol. The van der Waals surface area contributed by atoms with Crippen LogP contribution in [0.3, 0.4) is 0 Å². The van der Waals surface area contributed by atoms with Crippen molar-refractivity contribution in [2.75, 3.05) is 11.9 Å². The van der Waals surface area contributed by atoms with Gasteiger partial charge in [0.1, 0.15) is 0 Å². The summed E-state index contributed by atoms with van der Waals surface area (Å²) < 4.78 is 12.7. The molecule has 0 unspecified atom stereocenters. The smallest absolute Gasteiger partial charge is 0.312 e. The van der Waals surface area contributed by atoms with Crippen LogP contribution in [0.1, 0.15) is 0 Å². The molecule has 0 N–H and O–H groups in total. The molecule has 0 saturated carbocycles. The van der Waals surface area contributed by atoms with E-state index in [0.717, 1.165) is 0 Å². The molecular weight excluding hydrogens is 327 g/mol. The van der Waals surface area contributed by atoms with Crippen molar-refractivity contribution >= 4 is 51.7 Å². The lowest BCUT2D eigenvalue weighted by Gasteiger charge is -1.99. The molecule has 0 heterocycles. The van der Waals surface area contributed by atoms with E-state index < -0.39 is 4.77 Å². The molecule has 0 aliphatic heterocycles. The molecule has 0 bridgehead atoms. The van der Waals surface area contributed by atoms with Crippen molar-refractivity contribution in [1.82, 2.24) is 0 Å². The predicted octanol–water partition coefficient (Wildman–Crippen LogP) is 3.30. The minimum atomic E-state index is -2.59. The molecule has 50 valence electrons. The highest BCUT2D eigenvalue weighted by Crippen LogP contribution is 2.62. The molecule has 0 amide bonds. The molecule has 0 aromatic heterocycles. The van der Waals surface area contributed by atoms with Gasteiger partial charge < -0.3 is 4.52 Å². The monoisotopic (exact) mass is 328 g/mol. The Morgan fingerprint density at radius 2 is 2.00 bits per heavy atom. The number of rotatable bonds is 3. The second-order valence-electron chi connectivity index (χ2n) is 0.937. The summed E-state index contributed by atoms with van der Waals surface area (Å²) in [6.07, 6.45) is 0. The van der Waals surface area contributed by atoms with Gasteiger partial charge >= 0.3 is 4.77 Å². The van der Waals surface area contributed by atoms with Crippen molar-refractivity contribution in [3.05, 3.63) is 0 Å². The number of hydrogen-bond acceptors (Lipinski definition) is 2. The first-order valence-electron chi connectivity index (χ1n) is 1.76. The molecule has 2 nitrogen and oxygen atoms in total. The van der Waals surface area contributed by atoms with Crippen LogP contribution in [-0.4, -0.2) is 11.9 Å². The number of halogens is 3. The lowest BCUT2D eigenvalue weighted by molar-refractivity contribution is 0.364. The molecule has 0 aromatic carbocycles. The van der Waals surface area contributed by atoms with E-state index in [1.54, 1.807) is 0 Å². The minimum Gasteiger partial charge on any atom is -0.312 e. The Morgan fingerprint density at radius 3 is 2.12 bits per heavy atom. The summed E-state index contributed by atoms with van der Waals surface area (Å²) in [5, 5.41) is 0.689. The van der Waals surface area contributed by atoms with Crippen LogP contribution in [0.5, 0.6) is 0 Å². The summed E-state index contributed by atoms with van der Waals surface area (Å²) in [7, 11) is 0. The fourth-order valence-corrected chi connectivity index (χ4v) is 1.73. The van der Waals surface area contributed by atoms with Crippen molar-refractivity contribution in [2.24, 2.45) is 0 Å². The first kappa shape index (κ1) is 9.63.